The number of ether oxygens (including phenoxy) is 1. The Morgan fingerprint density at radius 2 is 1.94 bits per heavy atom. The van der Waals surface area contributed by atoms with Gasteiger partial charge in [0.2, 0.25) is 0 Å². The molecule has 94 valence electrons. The summed E-state index contributed by atoms with van der Waals surface area (Å²) < 4.78 is 5.35. The Morgan fingerprint density at radius 3 is 2.72 bits per heavy atom. The molecule has 0 unspecified atom stereocenters. The van der Waals surface area contributed by atoms with Crippen LogP contribution in [0.1, 0.15) is 5.69 Å². The van der Waals surface area contributed by atoms with Crippen molar-refractivity contribution in [2.75, 3.05) is 26.3 Å². The molecule has 0 aliphatic carbocycles. The van der Waals surface area contributed by atoms with Crippen molar-refractivity contribution < 1.29 is 4.74 Å². The number of hydrogen-bond donors (Lipinski definition) is 0. The van der Waals surface area contributed by atoms with Crippen LogP contribution in [0.4, 0.5) is 0 Å². The van der Waals surface area contributed by atoms with Crippen molar-refractivity contribution in [3.8, 4) is 10.6 Å². The molecule has 0 spiro atoms. The maximum absolute atomic E-state index is 5.35. The highest BCUT2D eigenvalue weighted by Gasteiger charge is 2.12. The maximum atomic E-state index is 5.35. The van der Waals surface area contributed by atoms with Crippen LogP contribution in [0.3, 0.4) is 0 Å². The van der Waals surface area contributed by atoms with Gasteiger partial charge < -0.3 is 4.74 Å². The number of morpholine rings is 1. The number of nitrogens with zero attached hydrogens (tertiary/aromatic N) is 2. The molecule has 2 aromatic rings. The molecule has 3 rings (SSSR count). The van der Waals surface area contributed by atoms with Crippen LogP contribution < -0.4 is 0 Å². The summed E-state index contributed by atoms with van der Waals surface area (Å²) in [6.07, 6.45) is 0. The van der Waals surface area contributed by atoms with Crippen LogP contribution in [-0.2, 0) is 11.3 Å². The van der Waals surface area contributed by atoms with E-state index in [9.17, 15) is 0 Å². The van der Waals surface area contributed by atoms with E-state index < -0.39 is 0 Å². The predicted molar refractivity (Wildman–Crippen MR) is 73.6 cm³/mol. The zero-order valence-corrected chi connectivity index (χ0v) is 11.0. The number of thiazole rings is 1. The van der Waals surface area contributed by atoms with E-state index in [1.807, 2.05) is 6.07 Å². The minimum absolute atomic E-state index is 0.843. The fourth-order valence-electron chi connectivity index (χ4n) is 2.08. The normalized spacial score (nSPS) is 16.9. The summed E-state index contributed by atoms with van der Waals surface area (Å²) in [6, 6.07) is 10.4. The van der Waals surface area contributed by atoms with E-state index in [2.05, 4.69) is 34.5 Å². The fraction of sp³-hybridized carbons (Fsp3) is 0.357. The van der Waals surface area contributed by atoms with Gasteiger partial charge in [0.25, 0.3) is 0 Å². The molecule has 3 nitrogen and oxygen atoms in total. The SMILES string of the molecule is c1ccc(-c2nc(CN3CCOCC3)cs2)cc1. The molecule has 0 atom stereocenters. The van der Waals surface area contributed by atoms with Crippen molar-refractivity contribution in [3.63, 3.8) is 0 Å². The molecule has 0 saturated carbocycles. The van der Waals surface area contributed by atoms with Gasteiger partial charge in [-0.25, -0.2) is 4.98 Å². The van der Waals surface area contributed by atoms with Gasteiger partial charge in [0.15, 0.2) is 0 Å². The lowest BCUT2D eigenvalue weighted by molar-refractivity contribution is 0.0337. The van der Waals surface area contributed by atoms with Gasteiger partial charge in [0, 0.05) is 30.6 Å². The molecule has 1 aliphatic heterocycles. The van der Waals surface area contributed by atoms with Gasteiger partial charge >= 0.3 is 0 Å². The Hall–Kier alpha value is -1.23. The van der Waals surface area contributed by atoms with Crippen LogP contribution >= 0.6 is 11.3 Å². The summed E-state index contributed by atoms with van der Waals surface area (Å²) in [5, 5.41) is 3.27. The monoisotopic (exact) mass is 260 g/mol. The van der Waals surface area contributed by atoms with Crippen LogP contribution in [0, 0.1) is 0 Å². The third-order valence-electron chi connectivity index (χ3n) is 3.06. The van der Waals surface area contributed by atoms with Gasteiger partial charge in [-0.2, -0.15) is 0 Å². The summed E-state index contributed by atoms with van der Waals surface area (Å²) >= 11 is 1.72. The molecular weight excluding hydrogens is 244 g/mol. The highest BCUT2D eigenvalue weighted by atomic mass is 32.1. The van der Waals surface area contributed by atoms with Crippen molar-refractivity contribution in [3.05, 3.63) is 41.4 Å². The molecule has 0 amide bonds. The molecule has 4 heteroatoms. The van der Waals surface area contributed by atoms with E-state index in [-0.39, 0.29) is 0 Å². The molecule has 1 aromatic heterocycles. The standard InChI is InChI=1S/C14H16N2OS/c1-2-4-12(5-3-1)14-15-13(11-18-14)10-16-6-8-17-9-7-16/h1-5,11H,6-10H2. The van der Waals surface area contributed by atoms with E-state index in [1.165, 1.54) is 11.3 Å². The number of rotatable bonds is 3. The van der Waals surface area contributed by atoms with Crippen molar-refractivity contribution in [2.45, 2.75) is 6.54 Å². The molecule has 2 heterocycles. The maximum Gasteiger partial charge on any atom is 0.123 e. The zero-order chi connectivity index (χ0) is 12.2. The van der Waals surface area contributed by atoms with Gasteiger partial charge in [0.1, 0.15) is 5.01 Å². The van der Waals surface area contributed by atoms with Crippen molar-refractivity contribution in [1.29, 1.82) is 0 Å². The zero-order valence-electron chi connectivity index (χ0n) is 10.2. The molecular formula is C14H16N2OS. The average Bonchev–Trinajstić information content (AvgIpc) is 2.89. The lowest BCUT2D eigenvalue weighted by Gasteiger charge is -2.25. The van der Waals surface area contributed by atoms with E-state index >= 15 is 0 Å². The van der Waals surface area contributed by atoms with Gasteiger partial charge in [-0.15, -0.1) is 11.3 Å². The van der Waals surface area contributed by atoms with E-state index in [4.69, 9.17) is 9.72 Å². The molecule has 1 aromatic carbocycles. The van der Waals surface area contributed by atoms with Crippen LogP contribution in [0.5, 0.6) is 0 Å². The highest BCUT2D eigenvalue weighted by Crippen LogP contribution is 2.23. The van der Waals surface area contributed by atoms with E-state index in [1.54, 1.807) is 11.3 Å². The third kappa shape index (κ3) is 2.77. The van der Waals surface area contributed by atoms with Crippen molar-refractivity contribution in [1.82, 2.24) is 9.88 Å². The Bertz CT molecular complexity index is 492. The predicted octanol–water partition coefficient (Wildman–Crippen LogP) is 2.64. The van der Waals surface area contributed by atoms with Gasteiger partial charge in [0.05, 0.1) is 18.9 Å². The first-order valence-corrected chi connectivity index (χ1v) is 7.10. The second kappa shape index (κ2) is 5.61. The third-order valence-corrected chi connectivity index (χ3v) is 4.00. The lowest BCUT2D eigenvalue weighted by atomic mass is 10.2. The highest BCUT2D eigenvalue weighted by molar-refractivity contribution is 7.13. The van der Waals surface area contributed by atoms with Crippen LogP contribution in [0.2, 0.25) is 0 Å². The Kier molecular flexibility index (Phi) is 3.69. The first kappa shape index (κ1) is 11.8. The molecule has 1 fully saturated rings. The number of benzene rings is 1. The summed E-state index contributed by atoms with van der Waals surface area (Å²) in [4.78, 5) is 7.11. The van der Waals surface area contributed by atoms with Crippen molar-refractivity contribution in [2.24, 2.45) is 0 Å². The lowest BCUT2D eigenvalue weighted by Crippen LogP contribution is -2.35. The van der Waals surface area contributed by atoms with Crippen LogP contribution in [0.15, 0.2) is 35.7 Å². The van der Waals surface area contributed by atoms with Gasteiger partial charge in [-0.3, -0.25) is 4.90 Å². The second-order valence-corrected chi connectivity index (χ2v) is 5.26. The summed E-state index contributed by atoms with van der Waals surface area (Å²) in [7, 11) is 0. The quantitative estimate of drug-likeness (QED) is 0.848. The Balaban J connectivity index is 1.69. The smallest absolute Gasteiger partial charge is 0.123 e. The summed E-state index contributed by atoms with van der Waals surface area (Å²) in [6.45, 7) is 4.65. The molecule has 1 saturated heterocycles. The minimum atomic E-state index is 0.843. The van der Waals surface area contributed by atoms with Gasteiger partial charge in [-0.05, 0) is 0 Å². The Labute approximate surface area is 111 Å². The van der Waals surface area contributed by atoms with E-state index in [0.717, 1.165) is 37.9 Å². The summed E-state index contributed by atoms with van der Waals surface area (Å²) in [5.74, 6) is 0. The van der Waals surface area contributed by atoms with Crippen molar-refractivity contribution >= 4 is 11.3 Å². The topological polar surface area (TPSA) is 25.4 Å². The van der Waals surface area contributed by atoms with Crippen LogP contribution in [0.25, 0.3) is 10.6 Å². The number of hydrogen-bond acceptors (Lipinski definition) is 4. The molecule has 18 heavy (non-hydrogen) atoms. The second-order valence-electron chi connectivity index (χ2n) is 4.40. The first-order valence-electron chi connectivity index (χ1n) is 6.22. The summed E-state index contributed by atoms with van der Waals surface area (Å²) in [5.41, 5.74) is 2.37. The van der Waals surface area contributed by atoms with E-state index in [0.29, 0.717) is 0 Å². The largest absolute Gasteiger partial charge is 0.379 e. The number of aromatic nitrogens is 1. The van der Waals surface area contributed by atoms with Crippen LogP contribution in [-0.4, -0.2) is 36.2 Å². The average molecular weight is 260 g/mol. The van der Waals surface area contributed by atoms with Gasteiger partial charge in [-0.1, -0.05) is 30.3 Å². The molecule has 1 aliphatic rings. The first-order chi connectivity index (χ1) is 8.92. The molecule has 0 N–H and O–H groups in total. The fourth-order valence-corrected chi connectivity index (χ4v) is 2.90. The molecule has 0 radical (unpaired) electrons. The Morgan fingerprint density at radius 1 is 1.17 bits per heavy atom. The minimum Gasteiger partial charge on any atom is -0.379 e. The molecule has 0 bridgehead atoms.